The number of rotatable bonds is 6. The monoisotopic (exact) mass is 275 g/mol. The van der Waals surface area contributed by atoms with Gasteiger partial charge >= 0.3 is 12.6 Å². The number of alkyl halides is 2. The van der Waals surface area contributed by atoms with Crippen molar-refractivity contribution >= 4 is 11.9 Å². The van der Waals surface area contributed by atoms with Crippen LogP contribution in [0.5, 0.6) is 5.75 Å². The number of carboxylic acids is 1. The summed E-state index contributed by atoms with van der Waals surface area (Å²) < 4.78 is 28.1. The summed E-state index contributed by atoms with van der Waals surface area (Å²) >= 11 is 0. The van der Waals surface area contributed by atoms with Crippen molar-refractivity contribution in [3.05, 3.63) is 29.8 Å². The average Bonchev–Trinajstić information content (AvgIpc) is 2.34. The summed E-state index contributed by atoms with van der Waals surface area (Å²) in [6.45, 7) is -3.81. The highest BCUT2D eigenvalue weighted by Crippen LogP contribution is 2.15. The first-order chi connectivity index (χ1) is 8.93. The van der Waals surface area contributed by atoms with Crippen LogP contribution in [0.3, 0.4) is 0 Å². The van der Waals surface area contributed by atoms with E-state index in [1.807, 2.05) is 5.32 Å². The highest BCUT2D eigenvalue weighted by molar-refractivity contribution is 5.96. The lowest BCUT2D eigenvalue weighted by molar-refractivity contribution is -0.140. The van der Waals surface area contributed by atoms with Gasteiger partial charge in [-0.1, -0.05) is 6.07 Å². The third-order valence-corrected chi connectivity index (χ3v) is 2.11. The molecule has 1 atom stereocenters. The van der Waals surface area contributed by atoms with Crippen LogP contribution in [0, 0.1) is 0 Å². The quantitative estimate of drug-likeness (QED) is 0.701. The van der Waals surface area contributed by atoms with Gasteiger partial charge in [-0.05, 0) is 18.2 Å². The molecule has 104 valence electrons. The second-order valence-electron chi connectivity index (χ2n) is 3.45. The Balaban J connectivity index is 2.79. The zero-order valence-electron chi connectivity index (χ0n) is 9.55. The van der Waals surface area contributed by atoms with E-state index in [-0.39, 0.29) is 11.3 Å². The van der Waals surface area contributed by atoms with E-state index in [0.717, 1.165) is 6.07 Å². The highest BCUT2D eigenvalue weighted by atomic mass is 19.3. The van der Waals surface area contributed by atoms with Crippen LogP contribution in [0.4, 0.5) is 8.78 Å². The van der Waals surface area contributed by atoms with Crippen LogP contribution in [0.2, 0.25) is 0 Å². The number of hydrogen-bond acceptors (Lipinski definition) is 4. The molecule has 1 aromatic carbocycles. The third kappa shape index (κ3) is 4.51. The molecule has 0 fully saturated rings. The molecule has 19 heavy (non-hydrogen) atoms. The molecule has 0 saturated heterocycles. The number of aliphatic carboxylic acids is 1. The van der Waals surface area contributed by atoms with E-state index < -0.39 is 31.1 Å². The van der Waals surface area contributed by atoms with E-state index in [9.17, 15) is 18.4 Å². The maximum Gasteiger partial charge on any atom is 0.387 e. The van der Waals surface area contributed by atoms with Gasteiger partial charge in [0.2, 0.25) is 0 Å². The van der Waals surface area contributed by atoms with Crippen LogP contribution < -0.4 is 10.1 Å². The number of nitrogens with one attached hydrogen (secondary N) is 1. The predicted molar refractivity (Wildman–Crippen MR) is 59.0 cm³/mol. The smallest absolute Gasteiger partial charge is 0.387 e. The highest BCUT2D eigenvalue weighted by Gasteiger charge is 2.19. The van der Waals surface area contributed by atoms with Crippen molar-refractivity contribution in [2.75, 3.05) is 6.61 Å². The molecule has 0 aliphatic carbocycles. The van der Waals surface area contributed by atoms with Gasteiger partial charge < -0.3 is 20.3 Å². The van der Waals surface area contributed by atoms with Crippen LogP contribution >= 0.6 is 0 Å². The Morgan fingerprint density at radius 2 is 2.05 bits per heavy atom. The van der Waals surface area contributed by atoms with E-state index in [2.05, 4.69) is 4.74 Å². The Bertz CT molecular complexity index is 466. The molecule has 0 saturated carbocycles. The Morgan fingerprint density at radius 3 is 2.58 bits per heavy atom. The fourth-order valence-electron chi connectivity index (χ4n) is 1.24. The van der Waals surface area contributed by atoms with Gasteiger partial charge in [-0.25, -0.2) is 4.79 Å². The average molecular weight is 275 g/mol. The maximum absolute atomic E-state index is 12.0. The number of ether oxygens (including phenoxy) is 1. The predicted octanol–water partition coefficient (Wildman–Crippen LogP) is 0.463. The first kappa shape index (κ1) is 14.8. The molecule has 0 radical (unpaired) electrons. The van der Waals surface area contributed by atoms with E-state index in [1.165, 1.54) is 18.2 Å². The second kappa shape index (κ2) is 6.64. The number of benzene rings is 1. The third-order valence-electron chi connectivity index (χ3n) is 2.11. The van der Waals surface area contributed by atoms with Gasteiger partial charge in [0, 0.05) is 5.56 Å². The summed E-state index contributed by atoms with van der Waals surface area (Å²) in [5.74, 6) is -2.45. The van der Waals surface area contributed by atoms with E-state index >= 15 is 0 Å². The van der Waals surface area contributed by atoms with E-state index in [4.69, 9.17) is 10.2 Å². The number of carboxylic acid groups (broad SMARTS) is 1. The summed E-state index contributed by atoms with van der Waals surface area (Å²) in [6, 6.07) is 3.40. The summed E-state index contributed by atoms with van der Waals surface area (Å²) in [7, 11) is 0. The van der Waals surface area contributed by atoms with Crippen LogP contribution in [-0.4, -0.2) is 41.3 Å². The molecular formula is C11H11F2NO5. The molecule has 0 heterocycles. The summed E-state index contributed by atoms with van der Waals surface area (Å²) in [5.41, 5.74) is -0.0575. The molecule has 0 unspecified atom stereocenters. The Morgan fingerprint density at radius 1 is 1.37 bits per heavy atom. The van der Waals surface area contributed by atoms with Gasteiger partial charge in [0.1, 0.15) is 5.75 Å². The standard InChI is InChI=1S/C11H11F2NO5/c12-11(13)19-7-3-1-2-6(4-7)9(16)14-8(5-15)10(17)18/h1-4,8,11,15H,5H2,(H,14,16)(H,17,18)/t8-/m0/s1. The van der Waals surface area contributed by atoms with Crippen molar-refractivity contribution in [1.82, 2.24) is 5.32 Å². The molecule has 0 bridgehead atoms. The number of aliphatic hydroxyl groups is 1. The number of aliphatic hydroxyl groups excluding tert-OH is 1. The van der Waals surface area contributed by atoms with Crippen LogP contribution in [0.15, 0.2) is 24.3 Å². The maximum atomic E-state index is 12.0. The van der Waals surface area contributed by atoms with Crippen molar-refractivity contribution in [1.29, 1.82) is 0 Å². The van der Waals surface area contributed by atoms with Crippen molar-refractivity contribution in [2.24, 2.45) is 0 Å². The number of halogens is 2. The Kier molecular flexibility index (Phi) is 5.19. The summed E-state index contributed by atoms with van der Waals surface area (Å²) in [5, 5.41) is 19.4. The van der Waals surface area contributed by atoms with E-state index in [0.29, 0.717) is 0 Å². The van der Waals surface area contributed by atoms with Gasteiger partial charge in [-0.3, -0.25) is 4.79 Å². The second-order valence-corrected chi connectivity index (χ2v) is 3.45. The van der Waals surface area contributed by atoms with Gasteiger partial charge in [-0.2, -0.15) is 8.78 Å². The fourth-order valence-corrected chi connectivity index (χ4v) is 1.24. The zero-order chi connectivity index (χ0) is 14.4. The number of carbonyl (C=O) groups excluding carboxylic acids is 1. The van der Waals surface area contributed by atoms with Gasteiger partial charge in [0.25, 0.3) is 5.91 Å². The molecule has 1 amide bonds. The van der Waals surface area contributed by atoms with Gasteiger partial charge in [-0.15, -0.1) is 0 Å². The molecule has 0 aliphatic heterocycles. The van der Waals surface area contributed by atoms with Crippen molar-refractivity contribution in [3.8, 4) is 5.75 Å². The molecule has 3 N–H and O–H groups in total. The minimum Gasteiger partial charge on any atom is -0.480 e. The van der Waals surface area contributed by atoms with Crippen LogP contribution in [0.25, 0.3) is 0 Å². The largest absolute Gasteiger partial charge is 0.480 e. The summed E-state index contributed by atoms with van der Waals surface area (Å²) in [4.78, 5) is 22.2. The Hall–Kier alpha value is -2.22. The molecule has 1 aromatic rings. The molecule has 8 heteroatoms. The molecule has 1 rings (SSSR count). The lowest BCUT2D eigenvalue weighted by atomic mass is 10.2. The SMILES string of the molecule is O=C(N[C@@H](CO)C(=O)O)c1cccc(OC(F)F)c1. The molecule has 0 aliphatic rings. The first-order valence-electron chi connectivity index (χ1n) is 5.13. The van der Waals surface area contributed by atoms with Gasteiger partial charge in [0.05, 0.1) is 6.61 Å². The molecule has 6 nitrogen and oxygen atoms in total. The van der Waals surface area contributed by atoms with Crippen molar-refractivity contribution in [3.63, 3.8) is 0 Å². The van der Waals surface area contributed by atoms with E-state index in [1.54, 1.807) is 0 Å². The molecular weight excluding hydrogens is 264 g/mol. The molecule has 0 spiro atoms. The number of carbonyl (C=O) groups is 2. The fraction of sp³-hybridized carbons (Fsp3) is 0.273. The van der Waals surface area contributed by atoms with Crippen LogP contribution in [-0.2, 0) is 4.79 Å². The topological polar surface area (TPSA) is 95.9 Å². The van der Waals surface area contributed by atoms with Crippen molar-refractivity contribution < 1.29 is 33.3 Å². The molecule has 0 aromatic heterocycles. The Labute approximate surface area is 106 Å². The number of amides is 1. The first-order valence-corrected chi connectivity index (χ1v) is 5.13. The van der Waals surface area contributed by atoms with Crippen molar-refractivity contribution in [2.45, 2.75) is 12.7 Å². The minimum absolute atomic E-state index is 0.0575. The van der Waals surface area contributed by atoms with Crippen LogP contribution in [0.1, 0.15) is 10.4 Å². The number of hydrogen-bond donors (Lipinski definition) is 3. The lowest BCUT2D eigenvalue weighted by Crippen LogP contribution is -2.43. The zero-order valence-corrected chi connectivity index (χ0v) is 9.55. The minimum atomic E-state index is -3.03. The summed E-state index contributed by atoms with van der Waals surface area (Å²) in [6.07, 6.45) is 0. The normalized spacial score (nSPS) is 12.0. The lowest BCUT2D eigenvalue weighted by Gasteiger charge is -2.12. The van der Waals surface area contributed by atoms with Gasteiger partial charge in [0.15, 0.2) is 6.04 Å².